The Morgan fingerprint density at radius 1 is 1.15 bits per heavy atom. The van der Waals surface area contributed by atoms with Gasteiger partial charge in [0.25, 0.3) is 0 Å². The maximum absolute atomic E-state index is 11.8. The van der Waals surface area contributed by atoms with Crippen molar-refractivity contribution in [1.82, 2.24) is 0 Å². The average Bonchev–Trinajstić information content (AvgIpc) is 2.45. The molecule has 1 aromatic carbocycles. The van der Waals surface area contributed by atoms with Gasteiger partial charge in [0.05, 0.1) is 5.60 Å². The van der Waals surface area contributed by atoms with Gasteiger partial charge in [-0.3, -0.25) is 0 Å². The summed E-state index contributed by atoms with van der Waals surface area (Å²) >= 11 is 0. The van der Waals surface area contributed by atoms with E-state index in [-0.39, 0.29) is 5.92 Å². The minimum atomic E-state index is -1.40. The molecule has 0 aliphatic heterocycles. The van der Waals surface area contributed by atoms with Gasteiger partial charge in [-0.1, -0.05) is 50.6 Å². The topological polar surface area (TPSA) is 54.4 Å². The molecule has 0 aromatic heterocycles. The van der Waals surface area contributed by atoms with E-state index < -0.39 is 11.0 Å². The van der Waals surface area contributed by atoms with Crippen LogP contribution in [0.2, 0.25) is 0 Å². The number of aldehydes is 2. The summed E-state index contributed by atoms with van der Waals surface area (Å²) in [5, 5.41) is 10.7. The lowest BCUT2D eigenvalue weighted by Gasteiger charge is -2.42. The summed E-state index contributed by atoms with van der Waals surface area (Å²) in [6.07, 6.45) is 3.00. The summed E-state index contributed by atoms with van der Waals surface area (Å²) in [6.45, 7) is 5.45. The zero-order chi connectivity index (χ0) is 15.2. The zero-order valence-corrected chi connectivity index (χ0v) is 12.5. The normalized spacial score (nSPS) is 16.2. The van der Waals surface area contributed by atoms with Gasteiger partial charge in [0, 0.05) is 5.92 Å². The van der Waals surface area contributed by atoms with Crippen molar-refractivity contribution in [3.8, 4) is 0 Å². The quantitative estimate of drug-likeness (QED) is 0.586. The molecule has 2 atom stereocenters. The molecule has 0 fully saturated rings. The van der Waals surface area contributed by atoms with E-state index in [0.29, 0.717) is 31.8 Å². The largest absolute Gasteiger partial charge is 0.389 e. The van der Waals surface area contributed by atoms with Crippen molar-refractivity contribution in [3.05, 3.63) is 35.9 Å². The second-order valence-corrected chi connectivity index (χ2v) is 5.56. The average molecular weight is 276 g/mol. The molecule has 0 saturated heterocycles. The van der Waals surface area contributed by atoms with Crippen molar-refractivity contribution in [2.75, 3.05) is 0 Å². The maximum Gasteiger partial charge on any atom is 0.136 e. The Morgan fingerprint density at radius 3 is 2.10 bits per heavy atom. The van der Waals surface area contributed by atoms with Gasteiger partial charge in [0.15, 0.2) is 0 Å². The second kappa shape index (κ2) is 6.80. The Bertz CT molecular complexity index is 429. The Hall–Kier alpha value is -1.48. The van der Waals surface area contributed by atoms with Crippen LogP contribution in [0, 0.1) is 5.41 Å². The van der Waals surface area contributed by atoms with Crippen LogP contribution in [-0.2, 0) is 9.59 Å². The van der Waals surface area contributed by atoms with Gasteiger partial charge in [-0.2, -0.15) is 0 Å². The van der Waals surface area contributed by atoms with Crippen LogP contribution in [0.1, 0.15) is 51.5 Å². The highest BCUT2D eigenvalue weighted by Gasteiger charge is 2.52. The Balaban J connectivity index is 3.36. The molecular formula is C17H24O3. The van der Waals surface area contributed by atoms with Gasteiger partial charge in [0.2, 0.25) is 0 Å². The monoisotopic (exact) mass is 276 g/mol. The third kappa shape index (κ3) is 2.83. The first-order chi connectivity index (χ1) is 9.49. The highest BCUT2D eigenvalue weighted by atomic mass is 16.3. The molecule has 3 nitrogen and oxygen atoms in total. The van der Waals surface area contributed by atoms with Crippen LogP contribution >= 0.6 is 0 Å². The van der Waals surface area contributed by atoms with Crippen LogP contribution in [0.4, 0.5) is 0 Å². The molecule has 1 N–H and O–H groups in total. The molecular weight excluding hydrogens is 252 g/mol. The van der Waals surface area contributed by atoms with E-state index in [0.717, 1.165) is 5.56 Å². The molecule has 0 spiro atoms. The summed E-state index contributed by atoms with van der Waals surface area (Å²) < 4.78 is 0. The van der Waals surface area contributed by atoms with Crippen LogP contribution in [0.15, 0.2) is 30.3 Å². The van der Waals surface area contributed by atoms with Crippen molar-refractivity contribution in [1.29, 1.82) is 0 Å². The fraction of sp³-hybridized carbons (Fsp3) is 0.529. The smallest absolute Gasteiger partial charge is 0.136 e. The lowest BCUT2D eigenvalue weighted by molar-refractivity contribution is -0.148. The van der Waals surface area contributed by atoms with E-state index in [2.05, 4.69) is 0 Å². The Morgan fingerprint density at radius 2 is 1.70 bits per heavy atom. The third-order valence-corrected chi connectivity index (χ3v) is 4.25. The molecule has 3 heteroatoms. The standard InChI is InChI=1S/C17H24O3/c1-4-11-16(3,20)17(12-18,13-19)15(5-2)14-9-7-6-8-10-14/h6-10,12-13,15,20H,4-5,11H2,1-3H3. The molecule has 0 aliphatic carbocycles. The SMILES string of the molecule is CCCC(C)(O)C(C=O)(C=O)C(CC)c1ccccc1. The molecule has 0 amide bonds. The molecule has 0 aliphatic rings. The molecule has 2 unspecified atom stereocenters. The van der Waals surface area contributed by atoms with Gasteiger partial charge in [-0.05, 0) is 25.3 Å². The third-order valence-electron chi connectivity index (χ3n) is 4.25. The van der Waals surface area contributed by atoms with Crippen molar-refractivity contribution in [3.63, 3.8) is 0 Å². The van der Waals surface area contributed by atoms with E-state index in [1.807, 2.05) is 44.2 Å². The summed E-state index contributed by atoms with van der Waals surface area (Å²) in [7, 11) is 0. The van der Waals surface area contributed by atoms with E-state index >= 15 is 0 Å². The first kappa shape index (κ1) is 16.6. The number of carbonyl (C=O) groups excluding carboxylic acids is 2. The first-order valence-corrected chi connectivity index (χ1v) is 7.19. The van der Waals surface area contributed by atoms with E-state index in [9.17, 15) is 14.7 Å². The molecule has 0 radical (unpaired) electrons. The minimum Gasteiger partial charge on any atom is -0.389 e. The zero-order valence-electron chi connectivity index (χ0n) is 12.5. The van der Waals surface area contributed by atoms with Crippen LogP contribution in [0.25, 0.3) is 0 Å². The van der Waals surface area contributed by atoms with Crippen molar-refractivity contribution >= 4 is 12.6 Å². The van der Waals surface area contributed by atoms with Gasteiger partial charge in [0.1, 0.15) is 18.0 Å². The summed E-state index contributed by atoms with van der Waals surface area (Å²) in [5.41, 5.74) is -1.84. The summed E-state index contributed by atoms with van der Waals surface area (Å²) in [6, 6.07) is 9.46. The Labute approximate surface area is 121 Å². The van der Waals surface area contributed by atoms with Gasteiger partial charge >= 0.3 is 0 Å². The molecule has 0 heterocycles. The lowest BCUT2D eigenvalue weighted by Crippen LogP contribution is -2.52. The van der Waals surface area contributed by atoms with Crippen molar-refractivity contribution < 1.29 is 14.7 Å². The maximum atomic E-state index is 11.8. The number of aliphatic hydroxyl groups is 1. The molecule has 110 valence electrons. The molecule has 1 aromatic rings. The molecule has 1 rings (SSSR count). The molecule has 0 saturated carbocycles. The molecule has 0 bridgehead atoms. The van der Waals surface area contributed by atoms with Gasteiger partial charge < -0.3 is 14.7 Å². The number of benzene rings is 1. The minimum absolute atomic E-state index is 0.319. The van der Waals surface area contributed by atoms with Crippen molar-refractivity contribution in [2.24, 2.45) is 5.41 Å². The van der Waals surface area contributed by atoms with E-state index in [1.54, 1.807) is 6.92 Å². The predicted molar refractivity (Wildman–Crippen MR) is 79.6 cm³/mol. The number of rotatable bonds is 8. The summed E-state index contributed by atoms with van der Waals surface area (Å²) in [4.78, 5) is 23.5. The summed E-state index contributed by atoms with van der Waals surface area (Å²) in [5.74, 6) is -0.319. The predicted octanol–water partition coefficient (Wildman–Crippen LogP) is 3.12. The van der Waals surface area contributed by atoms with Crippen LogP contribution in [-0.4, -0.2) is 23.3 Å². The molecule has 20 heavy (non-hydrogen) atoms. The number of carbonyl (C=O) groups is 2. The fourth-order valence-corrected chi connectivity index (χ4v) is 3.06. The van der Waals surface area contributed by atoms with Crippen LogP contribution in [0.5, 0.6) is 0 Å². The van der Waals surface area contributed by atoms with E-state index in [4.69, 9.17) is 0 Å². The van der Waals surface area contributed by atoms with Gasteiger partial charge in [-0.25, -0.2) is 0 Å². The number of hydrogen-bond acceptors (Lipinski definition) is 3. The van der Waals surface area contributed by atoms with E-state index in [1.165, 1.54) is 0 Å². The highest BCUT2D eigenvalue weighted by molar-refractivity contribution is 5.87. The Kier molecular flexibility index (Phi) is 5.63. The second-order valence-electron chi connectivity index (χ2n) is 5.56. The first-order valence-electron chi connectivity index (χ1n) is 7.19. The van der Waals surface area contributed by atoms with Crippen molar-refractivity contribution in [2.45, 2.75) is 51.6 Å². The lowest BCUT2D eigenvalue weighted by atomic mass is 9.62. The van der Waals surface area contributed by atoms with Crippen LogP contribution in [0.3, 0.4) is 0 Å². The van der Waals surface area contributed by atoms with Gasteiger partial charge in [-0.15, -0.1) is 0 Å². The fourth-order valence-electron chi connectivity index (χ4n) is 3.06. The highest BCUT2D eigenvalue weighted by Crippen LogP contribution is 2.45. The number of hydrogen-bond donors (Lipinski definition) is 1. The van der Waals surface area contributed by atoms with Crippen LogP contribution < -0.4 is 0 Å².